The molecule has 0 saturated heterocycles. The van der Waals surface area contributed by atoms with Gasteiger partial charge in [-0.25, -0.2) is 0 Å². The topological polar surface area (TPSA) is 82.5 Å². The maximum absolute atomic E-state index is 12.3. The van der Waals surface area contributed by atoms with Crippen molar-refractivity contribution >= 4 is 24.0 Å². The van der Waals surface area contributed by atoms with Crippen LogP contribution in [0.5, 0.6) is 0 Å². The Kier molecular flexibility index (Phi) is 3.38. The summed E-state index contributed by atoms with van der Waals surface area (Å²) in [6.45, 7) is 0. The molecule has 0 unspecified atom stereocenters. The Labute approximate surface area is 126 Å². The van der Waals surface area contributed by atoms with E-state index in [-0.39, 0.29) is 0 Å². The number of urea groups is 1. The Bertz CT molecular complexity index is 817. The minimum atomic E-state index is -0.638. The zero-order valence-electron chi connectivity index (χ0n) is 11.4. The van der Waals surface area contributed by atoms with Gasteiger partial charge in [0.15, 0.2) is 0 Å². The number of amidine groups is 1. The molecule has 2 aromatic rings. The molecule has 6 heteroatoms. The molecular weight excluding hydrogens is 280 g/mol. The molecule has 0 fully saturated rings. The molecule has 1 aliphatic rings. The number of hydrogen-bond acceptors (Lipinski definition) is 4. The van der Waals surface area contributed by atoms with Crippen molar-refractivity contribution in [2.24, 2.45) is 5.10 Å². The second-order valence-corrected chi connectivity index (χ2v) is 4.54. The molecule has 106 valence electrons. The molecule has 22 heavy (non-hydrogen) atoms. The molecular formula is C16H10N4O2. The second kappa shape index (κ2) is 5.50. The number of carbonyl (C=O) groups is 1. The molecule has 0 N–H and O–H groups in total. The lowest BCUT2D eigenvalue weighted by Crippen LogP contribution is -2.40. The largest absolute Gasteiger partial charge is 0.824 e. The van der Waals surface area contributed by atoms with E-state index in [1.807, 2.05) is 6.07 Å². The maximum Gasteiger partial charge on any atom is 0.529 e. The van der Waals surface area contributed by atoms with Crippen molar-refractivity contribution in [1.82, 2.24) is 0 Å². The minimum Gasteiger partial charge on any atom is -0.824 e. The lowest BCUT2D eigenvalue weighted by atomic mass is 10.2. The van der Waals surface area contributed by atoms with Crippen LogP contribution < -0.4 is 10.0 Å². The molecule has 0 bridgehead atoms. The van der Waals surface area contributed by atoms with Crippen LogP contribution in [0.3, 0.4) is 0 Å². The molecule has 0 aliphatic carbocycles. The van der Waals surface area contributed by atoms with Crippen LogP contribution in [0.25, 0.3) is 0 Å². The fourth-order valence-corrected chi connectivity index (χ4v) is 2.03. The van der Waals surface area contributed by atoms with Crippen molar-refractivity contribution in [2.45, 2.75) is 0 Å². The SMILES string of the molecule is N#Cc1ccc(/C=[N+]2\N=C([O-])N(c3ccccc3)C2=O)cc1. The average Bonchev–Trinajstić information content (AvgIpc) is 2.83. The summed E-state index contributed by atoms with van der Waals surface area (Å²) < 4.78 is 0.997. The maximum atomic E-state index is 12.3. The van der Waals surface area contributed by atoms with Gasteiger partial charge in [-0.05, 0) is 41.5 Å². The average molecular weight is 290 g/mol. The third kappa shape index (κ3) is 2.43. The van der Waals surface area contributed by atoms with Gasteiger partial charge in [-0.1, -0.05) is 22.9 Å². The van der Waals surface area contributed by atoms with Crippen LogP contribution in [-0.4, -0.2) is 23.0 Å². The molecule has 0 radical (unpaired) electrons. The third-order valence-electron chi connectivity index (χ3n) is 3.10. The summed E-state index contributed by atoms with van der Waals surface area (Å²) in [4.78, 5) is 13.3. The van der Waals surface area contributed by atoms with Crippen LogP contribution in [0, 0.1) is 11.3 Å². The van der Waals surface area contributed by atoms with Crippen molar-refractivity contribution in [3.63, 3.8) is 0 Å². The quantitative estimate of drug-likeness (QED) is 0.781. The summed E-state index contributed by atoms with van der Waals surface area (Å²) in [6.07, 6.45) is 1.45. The summed E-state index contributed by atoms with van der Waals surface area (Å²) in [6, 6.07) is 16.0. The van der Waals surface area contributed by atoms with Crippen LogP contribution >= 0.6 is 0 Å². The molecule has 0 spiro atoms. The van der Waals surface area contributed by atoms with Gasteiger partial charge in [-0.3, -0.25) is 0 Å². The number of hydrogen-bond donors (Lipinski definition) is 0. The first-order valence-electron chi connectivity index (χ1n) is 6.48. The van der Waals surface area contributed by atoms with Crippen LogP contribution in [-0.2, 0) is 0 Å². The van der Waals surface area contributed by atoms with Crippen molar-refractivity contribution in [1.29, 1.82) is 5.26 Å². The van der Waals surface area contributed by atoms with Gasteiger partial charge in [0.05, 0.1) is 11.6 Å². The highest BCUT2D eigenvalue weighted by atomic mass is 16.3. The molecule has 6 nitrogen and oxygen atoms in total. The van der Waals surface area contributed by atoms with Gasteiger partial charge in [0.25, 0.3) is 0 Å². The Morgan fingerprint density at radius 3 is 2.45 bits per heavy atom. The van der Waals surface area contributed by atoms with Gasteiger partial charge in [-0.2, -0.15) is 10.1 Å². The Hall–Kier alpha value is -3.46. The highest BCUT2D eigenvalue weighted by Crippen LogP contribution is 2.17. The second-order valence-electron chi connectivity index (χ2n) is 4.54. The van der Waals surface area contributed by atoms with E-state index in [4.69, 9.17) is 5.26 Å². The van der Waals surface area contributed by atoms with Crippen molar-refractivity contribution < 1.29 is 14.6 Å². The standard InChI is InChI=1S/C16H10N4O2/c17-10-12-6-8-13(9-7-12)11-19-16(22)20(15(21)18-19)14-4-2-1-3-5-14/h1-9,11H/b19-11-. The lowest BCUT2D eigenvalue weighted by molar-refractivity contribution is -0.422. The monoisotopic (exact) mass is 290 g/mol. The summed E-state index contributed by atoms with van der Waals surface area (Å²) in [5.41, 5.74) is 1.65. The number of amides is 2. The van der Waals surface area contributed by atoms with E-state index in [2.05, 4.69) is 5.10 Å². The number of nitrogens with zero attached hydrogens (tertiary/aromatic N) is 4. The lowest BCUT2D eigenvalue weighted by Gasteiger charge is -2.10. The van der Waals surface area contributed by atoms with Gasteiger partial charge < -0.3 is 5.11 Å². The summed E-state index contributed by atoms with van der Waals surface area (Å²) >= 11 is 0. The van der Waals surface area contributed by atoms with Crippen LogP contribution in [0.15, 0.2) is 59.7 Å². The Morgan fingerprint density at radius 2 is 1.82 bits per heavy atom. The van der Waals surface area contributed by atoms with Gasteiger partial charge in [0.1, 0.15) is 11.9 Å². The molecule has 0 saturated carbocycles. The number of para-hydroxylation sites is 1. The predicted molar refractivity (Wildman–Crippen MR) is 78.3 cm³/mol. The minimum absolute atomic E-state index is 0.469. The first-order valence-corrected chi connectivity index (χ1v) is 6.48. The van der Waals surface area contributed by atoms with Crippen molar-refractivity contribution in [3.8, 4) is 6.07 Å². The normalized spacial score (nSPS) is 15.8. The molecule has 1 aliphatic heterocycles. The highest BCUT2D eigenvalue weighted by molar-refractivity contribution is 6.12. The Balaban J connectivity index is 1.92. The van der Waals surface area contributed by atoms with Crippen molar-refractivity contribution in [2.75, 3.05) is 4.90 Å². The zero-order valence-corrected chi connectivity index (χ0v) is 11.4. The number of nitriles is 1. The number of hydrazone groups is 1. The fourth-order valence-electron chi connectivity index (χ4n) is 2.03. The van der Waals surface area contributed by atoms with E-state index in [0.29, 0.717) is 16.8 Å². The summed E-state index contributed by atoms with van der Waals surface area (Å²) in [5, 5.41) is 24.4. The Morgan fingerprint density at radius 1 is 1.14 bits per heavy atom. The number of carbonyl (C=O) groups excluding carboxylic acids is 1. The van der Waals surface area contributed by atoms with E-state index >= 15 is 0 Å². The summed E-state index contributed by atoms with van der Waals surface area (Å²) in [7, 11) is 0. The molecule has 2 amide bonds. The molecule has 0 aromatic heterocycles. The first-order chi connectivity index (χ1) is 10.7. The van der Waals surface area contributed by atoms with E-state index in [1.54, 1.807) is 54.6 Å². The summed E-state index contributed by atoms with van der Waals surface area (Å²) in [5.74, 6) is 0. The van der Waals surface area contributed by atoms with E-state index in [0.717, 1.165) is 9.58 Å². The number of anilines is 1. The van der Waals surface area contributed by atoms with Crippen LogP contribution in [0.2, 0.25) is 0 Å². The third-order valence-corrected chi connectivity index (χ3v) is 3.10. The first kappa shape index (κ1) is 13.5. The number of rotatable bonds is 2. The van der Waals surface area contributed by atoms with E-state index < -0.39 is 12.1 Å². The van der Waals surface area contributed by atoms with Gasteiger partial charge in [-0.15, -0.1) is 4.90 Å². The molecule has 0 atom stereocenters. The van der Waals surface area contributed by atoms with Crippen molar-refractivity contribution in [3.05, 3.63) is 65.7 Å². The number of benzene rings is 2. The van der Waals surface area contributed by atoms with Gasteiger partial charge in [0.2, 0.25) is 6.02 Å². The van der Waals surface area contributed by atoms with Crippen LogP contribution in [0.4, 0.5) is 10.5 Å². The molecule has 2 aromatic carbocycles. The van der Waals surface area contributed by atoms with E-state index in [9.17, 15) is 9.90 Å². The van der Waals surface area contributed by atoms with Crippen LogP contribution in [0.1, 0.15) is 11.1 Å². The van der Waals surface area contributed by atoms with Gasteiger partial charge >= 0.3 is 6.03 Å². The van der Waals surface area contributed by atoms with E-state index in [1.165, 1.54) is 6.21 Å². The van der Waals surface area contributed by atoms with Gasteiger partial charge in [0, 0.05) is 5.56 Å². The molecule has 3 rings (SSSR count). The molecule has 1 heterocycles. The smallest absolute Gasteiger partial charge is 0.529 e. The zero-order chi connectivity index (χ0) is 15.5. The predicted octanol–water partition coefficient (Wildman–Crippen LogP) is 1.26. The fraction of sp³-hybridized carbons (Fsp3) is 0. The highest BCUT2D eigenvalue weighted by Gasteiger charge is 2.36.